The fraction of sp³-hybridized carbons (Fsp3) is 0. The van der Waals surface area contributed by atoms with Crippen molar-refractivity contribution in [2.24, 2.45) is 0 Å². The van der Waals surface area contributed by atoms with E-state index in [1.807, 2.05) is 0 Å². The monoisotopic (exact) mass is 216 g/mol. The Balaban J connectivity index is 2.90. The highest BCUT2D eigenvalue weighted by atomic mass is 35.5. The summed E-state index contributed by atoms with van der Waals surface area (Å²) in [6.07, 6.45) is 1.52. The minimum atomic E-state index is -1.47. The summed E-state index contributed by atoms with van der Waals surface area (Å²) in [5.74, 6) is 1.22. The topological polar surface area (TPSA) is 40.5 Å². The molecule has 0 unspecified atom stereocenters. The SMILES string of the molecule is OB(O)/C=C/c1ccc(Cl)cc1Cl. The molecule has 0 saturated carbocycles. The van der Waals surface area contributed by atoms with E-state index in [9.17, 15) is 0 Å². The van der Waals surface area contributed by atoms with Crippen molar-refractivity contribution in [3.63, 3.8) is 0 Å². The first-order chi connectivity index (χ1) is 6.09. The molecule has 0 aliphatic rings. The molecule has 2 nitrogen and oxygen atoms in total. The van der Waals surface area contributed by atoms with E-state index in [2.05, 4.69) is 0 Å². The normalized spacial score (nSPS) is 10.8. The van der Waals surface area contributed by atoms with E-state index in [1.54, 1.807) is 18.2 Å². The van der Waals surface area contributed by atoms with Crippen LogP contribution in [0.5, 0.6) is 0 Å². The molecule has 5 heteroatoms. The van der Waals surface area contributed by atoms with Crippen LogP contribution in [0.1, 0.15) is 5.56 Å². The van der Waals surface area contributed by atoms with Crippen LogP contribution in [0.3, 0.4) is 0 Å². The minimum Gasteiger partial charge on any atom is -0.424 e. The number of hydrogen-bond acceptors (Lipinski definition) is 2. The summed E-state index contributed by atoms with van der Waals surface area (Å²) in [6.45, 7) is 0. The Kier molecular flexibility index (Phi) is 3.81. The summed E-state index contributed by atoms with van der Waals surface area (Å²) < 4.78 is 0. The molecule has 1 aromatic rings. The lowest BCUT2D eigenvalue weighted by atomic mass is 9.91. The molecule has 1 rings (SSSR count). The van der Waals surface area contributed by atoms with Gasteiger partial charge in [0.2, 0.25) is 0 Å². The summed E-state index contributed by atoms with van der Waals surface area (Å²) in [6, 6.07) is 4.97. The maximum absolute atomic E-state index is 8.56. The summed E-state index contributed by atoms with van der Waals surface area (Å²) in [5, 5.41) is 18.1. The highest BCUT2D eigenvalue weighted by Gasteiger charge is 2.01. The summed E-state index contributed by atoms with van der Waals surface area (Å²) in [4.78, 5) is 0. The highest BCUT2D eigenvalue weighted by molar-refractivity contribution is 6.48. The third-order valence-corrected chi connectivity index (χ3v) is 1.97. The molecule has 0 aromatic heterocycles. The molecule has 0 aliphatic heterocycles. The Labute approximate surface area is 86.6 Å². The van der Waals surface area contributed by atoms with Gasteiger partial charge in [0.25, 0.3) is 0 Å². The lowest BCUT2D eigenvalue weighted by Gasteiger charge is -1.98. The van der Waals surface area contributed by atoms with Crippen LogP contribution >= 0.6 is 23.2 Å². The van der Waals surface area contributed by atoms with Gasteiger partial charge >= 0.3 is 7.12 Å². The molecule has 0 bridgehead atoms. The van der Waals surface area contributed by atoms with Crippen LogP contribution < -0.4 is 0 Å². The van der Waals surface area contributed by atoms with Crippen LogP contribution in [-0.4, -0.2) is 17.2 Å². The van der Waals surface area contributed by atoms with Crippen molar-refractivity contribution in [2.45, 2.75) is 0 Å². The van der Waals surface area contributed by atoms with Gasteiger partial charge in [-0.25, -0.2) is 0 Å². The van der Waals surface area contributed by atoms with E-state index in [0.29, 0.717) is 15.6 Å². The first-order valence-electron chi connectivity index (χ1n) is 3.59. The molecule has 0 atom stereocenters. The second kappa shape index (κ2) is 4.68. The zero-order chi connectivity index (χ0) is 9.84. The van der Waals surface area contributed by atoms with Gasteiger partial charge in [-0.15, -0.1) is 0 Å². The number of rotatable bonds is 2. The van der Waals surface area contributed by atoms with Crippen LogP contribution in [0.2, 0.25) is 10.0 Å². The van der Waals surface area contributed by atoms with Crippen LogP contribution in [0.4, 0.5) is 0 Å². The molecule has 68 valence electrons. The van der Waals surface area contributed by atoms with Gasteiger partial charge in [-0.1, -0.05) is 41.3 Å². The highest BCUT2D eigenvalue weighted by Crippen LogP contribution is 2.21. The van der Waals surface area contributed by atoms with Crippen molar-refractivity contribution in [3.8, 4) is 0 Å². The van der Waals surface area contributed by atoms with Gasteiger partial charge in [0.1, 0.15) is 0 Å². The van der Waals surface area contributed by atoms with Crippen molar-refractivity contribution >= 4 is 36.4 Å². The molecule has 1 aromatic carbocycles. The van der Waals surface area contributed by atoms with Crippen molar-refractivity contribution in [3.05, 3.63) is 39.8 Å². The Bertz CT molecular complexity index is 326. The van der Waals surface area contributed by atoms with E-state index in [4.69, 9.17) is 33.2 Å². The van der Waals surface area contributed by atoms with Gasteiger partial charge in [0.15, 0.2) is 0 Å². The zero-order valence-corrected chi connectivity index (χ0v) is 8.13. The molecule has 13 heavy (non-hydrogen) atoms. The maximum Gasteiger partial charge on any atom is 0.480 e. The molecule has 0 aliphatic carbocycles. The molecule has 0 radical (unpaired) electrons. The van der Waals surface area contributed by atoms with Gasteiger partial charge < -0.3 is 10.0 Å². The van der Waals surface area contributed by atoms with E-state index in [-0.39, 0.29) is 0 Å². The van der Waals surface area contributed by atoms with Crippen LogP contribution in [0, 0.1) is 0 Å². The molecular weight excluding hydrogens is 210 g/mol. The Hall–Kier alpha value is -0.475. The number of hydrogen-bond donors (Lipinski definition) is 2. The molecule has 0 saturated heterocycles. The average molecular weight is 217 g/mol. The predicted molar refractivity (Wildman–Crippen MR) is 55.7 cm³/mol. The maximum atomic E-state index is 8.56. The van der Waals surface area contributed by atoms with Crippen molar-refractivity contribution in [1.82, 2.24) is 0 Å². The second-order valence-corrected chi connectivity index (χ2v) is 3.28. The van der Waals surface area contributed by atoms with Crippen molar-refractivity contribution in [1.29, 1.82) is 0 Å². The smallest absolute Gasteiger partial charge is 0.424 e. The van der Waals surface area contributed by atoms with Gasteiger partial charge in [0.05, 0.1) is 0 Å². The van der Waals surface area contributed by atoms with Gasteiger partial charge in [-0.3, -0.25) is 0 Å². The van der Waals surface area contributed by atoms with E-state index in [0.717, 1.165) is 0 Å². The molecular formula is C8H7BCl2O2. The molecule has 0 amide bonds. The molecule has 0 spiro atoms. The zero-order valence-electron chi connectivity index (χ0n) is 6.61. The fourth-order valence-corrected chi connectivity index (χ4v) is 1.30. The number of benzene rings is 1. The summed E-state index contributed by atoms with van der Waals surface area (Å²) >= 11 is 11.5. The molecule has 2 N–H and O–H groups in total. The van der Waals surface area contributed by atoms with E-state index >= 15 is 0 Å². The van der Waals surface area contributed by atoms with E-state index < -0.39 is 7.12 Å². The van der Waals surface area contributed by atoms with Crippen LogP contribution in [0.25, 0.3) is 6.08 Å². The predicted octanol–water partition coefficient (Wildman–Crippen LogP) is 2.02. The largest absolute Gasteiger partial charge is 0.480 e. The number of halogens is 2. The van der Waals surface area contributed by atoms with Crippen LogP contribution in [0.15, 0.2) is 24.2 Å². The third kappa shape index (κ3) is 3.40. The van der Waals surface area contributed by atoms with Crippen molar-refractivity contribution < 1.29 is 10.0 Å². The summed E-state index contributed by atoms with van der Waals surface area (Å²) in [5.41, 5.74) is 0.694. The Morgan fingerprint density at radius 3 is 2.46 bits per heavy atom. The first-order valence-corrected chi connectivity index (χ1v) is 4.34. The fourth-order valence-electron chi connectivity index (χ4n) is 0.826. The van der Waals surface area contributed by atoms with Crippen LogP contribution in [-0.2, 0) is 0 Å². The molecule has 0 fully saturated rings. The second-order valence-electron chi connectivity index (χ2n) is 2.44. The Morgan fingerprint density at radius 1 is 1.23 bits per heavy atom. The van der Waals surface area contributed by atoms with Gasteiger partial charge in [-0.2, -0.15) is 0 Å². The minimum absolute atomic E-state index is 0.476. The van der Waals surface area contributed by atoms with Gasteiger partial charge in [-0.05, 0) is 17.7 Å². The lowest BCUT2D eigenvalue weighted by molar-refractivity contribution is 0.424. The molecule has 0 heterocycles. The Morgan fingerprint density at radius 2 is 1.92 bits per heavy atom. The third-order valence-electron chi connectivity index (χ3n) is 1.41. The van der Waals surface area contributed by atoms with Crippen molar-refractivity contribution in [2.75, 3.05) is 0 Å². The van der Waals surface area contributed by atoms with E-state index in [1.165, 1.54) is 12.1 Å². The quantitative estimate of drug-likeness (QED) is 0.743. The van der Waals surface area contributed by atoms with Gasteiger partial charge in [0, 0.05) is 10.0 Å². The summed E-state index contributed by atoms with van der Waals surface area (Å²) in [7, 11) is -1.47. The standard InChI is InChI=1S/C8H7BCl2O2/c10-7-2-1-6(8(11)5-7)3-4-9(12)13/h1-5,12-13H/b4-3+. The first kappa shape index (κ1) is 10.6. The average Bonchev–Trinajstić information content (AvgIpc) is 2.02. The lowest BCUT2D eigenvalue weighted by Crippen LogP contribution is -2.05.